The molecule has 0 aliphatic heterocycles. The molecule has 0 atom stereocenters. The predicted molar refractivity (Wildman–Crippen MR) is 77.9 cm³/mol. The molecule has 0 bridgehead atoms. The third-order valence-corrected chi connectivity index (χ3v) is 3.15. The largest absolute Gasteiger partial charge is 0.481 e. The van der Waals surface area contributed by atoms with E-state index in [9.17, 15) is 4.79 Å². The van der Waals surface area contributed by atoms with Crippen molar-refractivity contribution < 1.29 is 29.4 Å². The van der Waals surface area contributed by atoms with Crippen LogP contribution in [0.4, 0.5) is 0 Å². The van der Waals surface area contributed by atoms with Gasteiger partial charge in [0.05, 0.1) is 0 Å². The van der Waals surface area contributed by atoms with E-state index in [1.165, 1.54) is 57.8 Å². The van der Waals surface area contributed by atoms with Gasteiger partial charge in [0.15, 0.2) is 0 Å². The molecular formula is C16H30O2Zn. The first-order valence-electron chi connectivity index (χ1n) is 7.64. The van der Waals surface area contributed by atoms with Crippen LogP contribution in [-0.4, -0.2) is 11.1 Å². The minimum Gasteiger partial charge on any atom is -0.481 e. The average molecular weight is 320 g/mol. The van der Waals surface area contributed by atoms with Gasteiger partial charge in [0.2, 0.25) is 0 Å². The Hall–Kier alpha value is -0.167. The maximum atomic E-state index is 10.3. The van der Waals surface area contributed by atoms with Crippen molar-refractivity contribution in [3.05, 3.63) is 12.2 Å². The zero-order valence-electron chi connectivity index (χ0n) is 12.7. The molecule has 0 saturated heterocycles. The standard InChI is InChI=1S/C16H30O2.Zn/c1-2-3-4-5-6-7-8-9-10-11-12-13-14-15-16(17)18;/h7-8H,2-6,9-15H2,1H3,(H,17,18);/b8-7-;. The van der Waals surface area contributed by atoms with E-state index in [4.69, 9.17) is 5.11 Å². The van der Waals surface area contributed by atoms with Crippen molar-refractivity contribution in [1.29, 1.82) is 0 Å². The van der Waals surface area contributed by atoms with Crippen LogP contribution in [0.25, 0.3) is 0 Å². The molecule has 108 valence electrons. The summed E-state index contributed by atoms with van der Waals surface area (Å²) in [5.74, 6) is -0.666. The van der Waals surface area contributed by atoms with Crippen molar-refractivity contribution in [3.63, 3.8) is 0 Å². The summed E-state index contributed by atoms with van der Waals surface area (Å²) in [6, 6.07) is 0. The minimum absolute atomic E-state index is 0. The fourth-order valence-corrected chi connectivity index (χ4v) is 1.99. The van der Waals surface area contributed by atoms with Gasteiger partial charge in [-0.05, 0) is 32.1 Å². The van der Waals surface area contributed by atoms with Crippen molar-refractivity contribution >= 4 is 5.97 Å². The molecule has 3 heteroatoms. The molecule has 0 aromatic heterocycles. The number of carboxylic acids is 1. The van der Waals surface area contributed by atoms with Crippen LogP contribution in [0, 0.1) is 0 Å². The van der Waals surface area contributed by atoms with E-state index in [0.717, 1.165) is 12.8 Å². The number of unbranched alkanes of at least 4 members (excludes halogenated alkanes) is 9. The summed E-state index contributed by atoms with van der Waals surface area (Å²) in [6.07, 6.45) is 18.3. The number of allylic oxidation sites excluding steroid dienone is 2. The van der Waals surface area contributed by atoms with E-state index >= 15 is 0 Å². The number of carboxylic acid groups (broad SMARTS) is 1. The Morgan fingerprint density at radius 3 is 1.84 bits per heavy atom. The number of hydrogen-bond acceptors (Lipinski definition) is 1. The van der Waals surface area contributed by atoms with Crippen LogP contribution >= 0.6 is 0 Å². The second kappa shape index (κ2) is 17.8. The van der Waals surface area contributed by atoms with Crippen LogP contribution in [0.1, 0.15) is 84.0 Å². The molecule has 1 N–H and O–H groups in total. The topological polar surface area (TPSA) is 37.3 Å². The number of rotatable bonds is 13. The van der Waals surface area contributed by atoms with E-state index in [2.05, 4.69) is 19.1 Å². The van der Waals surface area contributed by atoms with E-state index in [0.29, 0.717) is 6.42 Å². The Balaban J connectivity index is 0. The fraction of sp³-hybridized carbons (Fsp3) is 0.812. The Labute approximate surface area is 131 Å². The summed E-state index contributed by atoms with van der Waals surface area (Å²) >= 11 is 0. The van der Waals surface area contributed by atoms with Gasteiger partial charge in [0.25, 0.3) is 0 Å². The van der Waals surface area contributed by atoms with Crippen molar-refractivity contribution in [2.24, 2.45) is 0 Å². The number of aliphatic carboxylic acids is 1. The van der Waals surface area contributed by atoms with Gasteiger partial charge in [-0.2, -0.15) is 0 Å². The molecule has 0 amide bonds. The summed E-state index contributed by atoms with van der Waals surface area (Å²) in [7, 11) is 0. The Morgan fingerprint density at radius 2 is 1.32 bits per heavy atom. The van der Waals surface area contributed by atoms with Gasteiger partial charge in [-0.3, -0.25) is 4.79 Å². The van der Waals surface area contributed by atoms with Crippen LogP contribution in [0.2, 0.25) is 0 Å². The fourth-order valence-electron chi connectivity index (χ4n) is 1.99. The summed E-state index contributed by atoms with van der Waals surface area (Å²) in [6.45, 7) is 2.24. The zero-order chi connectivity index (χ0) is 13.5. The van der Waals surface area contributed by atoms with Crippen LogP contribution in [0.15, 0.2) is 12.2 Å². The molecule has 0 spiro atoms. The summed E-state index contributed by atoms with van der Waals surface area (Å²) in [5.41, 5.74) is 0. The smallest absolute Gasteiger partial charge is 0.303 e. The first-order chi connectivity index (χ1) is 8.77. The quantitative estimate of drug-likeness (QED) is 0.283. The molecule has 0 aliphatic rings. The maximum absolute atomic E-state index is 10.3. The Morgan fingerprint density at radius 1 is 0.842 bits per heavy atom. The van der Waals surface area contributed by atoms with Crippen molar-refractivity contribution in [2.45, 2.75) is 84.0 Å². The monoisotopic (exact) mass is 318 g/mol. The summed E-state index contributed by atoms with van der Waals surface area (Å²) in [4.78, 5) is 10.3. The third-order valence-electron chi connectivity index (χ3n) is 3.15. The van der Waals surface area contributed by atoms with Gasteiger partial charge < -0.3 is 5.11 Å². The van der Waals surface area contributed by atoms with Gasteiger partial charge in [0.1, 0.15) is 0 Å². The number of carbonyl (C=O) groups is 1. The average Bonchev–Trinajstić information content (AvgIpc) is 2.34. The molecule has 2 nitrogen and oxygen atoms in total. The first kappa shape index (κ1) is 21.1. The van der Waals surface area contributed by atoms with E-state index in [-0.39, 0.29) is 19.5 Å². The van der Waals surface area contributed by atoms with Gasteiger partial charge in [-0.25, -0.2) is 0 Å². The molecule has 0 saturated carbocycles. The van der Waals surface area contributed by atoms with Crippen molar-refractivity contribution in [1.82, 2.24) is 0 Å². The van der Waals surface area contributed by atoms with Crippen LogP contribution < -0.4 is 0 Å². The predicted octanol–water partition coefficient (Wildman–Crippen LogP) is 5.33. The van der Waals surface area contributed by atoms with Crippen molar-refractivity contribution in [3.8, 4) is 0 Å². The molecule has 0 aliphatic carbocycles. The molecule has 0 rings (SSSR count). The van der Waals surface area contributed by atoms with Gasteiger partial charge in [-0.1, -0.05) is 57.6 Å². The second-order valence-corrected chi connectivity index (χ2v) is 5.02. The van der Waals surface area contributed by atoms with Gasteiger partial charge in [0, 0.05) is 25.9 Å². The molecule has 0 aromatic rings. The Bertz CT molecular complexity index is 215. The van der Waals surface area contributed by atoms with Crippen LogP contribution in [0.5, 0.6) is 0 Å². The first-order valence-corrected chi connectivity index (χ1v) is 7.64. The van der Waals surface area contributed by atoms with Crippen LogP contribution in [0.3, 0.4) is 0 Å². The Kier molecular flexibility index (Phi) is 19.8. The SMILES string of the molecule is CCCCCC/C=C\CCCCCCCC(=O)O.[Zn]. The maximum Gasteiger partial charge on any atom is 0.303 e. The molecule has 19 heavy (non-hydrogen) atoms. The summed E-state index contributed by atoms with van der Waals surface area (Å²) < 4.78 is 0. The molecule has 0 fully saturated rings. The van der Waals surface area contributed by atoms with E-state index in [1.54, 1.807) is 0 Å². The zero-order valence-corrected chi connectivity index (χ0v) is 15.7. The molecule has 0 radical (unpaired) electrons. The van der Waals surface area contributed by atoms with Crippen molar-refractivity contribution in [2.75, 3.05) is 0 Å². The summed E-state index contributed by atoms with van der Waals surface area (Å²) in [5, 5.41) is 8.48. The molecule has 0 unspecified atom stereocenters. The van der Waals surface area contributed by atoms with E-state index < -0.39 is 5.97 Å². The number of hydrogen-bond donors (Lipinski definition) is 1. The minimum atomic E-state index is -0.666. The normalized spacial score (nSPS) is 10.6. The molecular weight excluding hydrogens is 290 g/mol. The molecule has 0 heterocycles. The van der Waals surface area contributed by atoms with Gasteiger partial charge in [-0.15, -0.1) is 0 Å². The third kappa shape index (κ3) is 20.3. The molecule has 0 aromatic carbocycles. The van der Waals surface area contributed by atoms with E-state index in [1.807, 2.05) is 0 Å². The van der Waals surface area contributed by atoms with Gasteiger partial charge >= 0.3 is 5.97 Å². The second-order valence-electron chi connectivity index (χ2n) is 5.02. The van der Waals surface area contributed by atoms with Crippen LogP contribution in [-0.2, 0) is 24.3 Å².